The molecule has 0 spiro atoms. The van der Waals surface area contributed by atoms with Crippen molar-refractivity contribution in [2.75, 3.05) is 10.6 Å². The van der Waals surface area contributed by atoms with Crippen LogP contribution in [0, 0.1) is 20.8 Å². The van der Waals surface area contributed by atoms with Crippen LogP contribution in [0.3, 0.4) is 0 Å². The summed E-state index contributed by atoms with van der Waals surface area (Å²) >= 11 is 6.28. The van der Waals surface area contributed by atoms with Crippen LogP contribution in [0.25, 0.3) is 22.2 Å². The number of carbonyl (C=O) groups excluding carboxylic acids is 1. The molecule has 6 heteroatoms. The van der Waals surface area contributed by atoms with Gasteiger partial charge in [-0.2, -0.15) is 0 Å². The van der Waals surface area contributed by atoms with E-state index in [1.807, 2.05) is 67.6 Å². The van der Waals surface area contributed by atoms with Crippen molar-refractivity contribution in [3.05, 3.63) is 148 Å². The van der Waals surface area contributed by atoms with Gasteiger partial charge in [0.1, 0.15) is 0 Å². The molecule has 6 rings (SSSR count). The Balaban J connectivity index is 1.19. The van der Waals surface area contributed by atoms with Crippen molar-refractivity contribution < 1.29 is 4.79 Å². The predicted octanol–water partition coefficient (Wildman–Crippen LogP) is 9.46. The number of anilines is 3. The Hall–Kier alpha value is -5.00. The maximum absolute atomic E-state index is 13.2. The highest BCUT2D eigenvalue weighted by atomic mass is 35.5. The number of nitrogens with one attached hydrogen (secondary N) is 2. The highest BCUT2D eigenvalue weighted by Gasteiger charge is 2.13. The highest BCUT2D eigenvalue weighted by molar-refractivity contribution is 6.30. The van der Waals surface area contributed by atoms with Crippen molar-refractivity contribution in [2.24, 2.45) is 0 Å². The number of halogens is 1. The van der Waals surface area contributed by atoms with Gasteiger partial charge in [0.25, 0.3) is 5.91 Å². The van der Waals surface area contributed by atoms with Crippen LogP contribution in [0.1, 0.15) is 38.2 Å². The molecule has 0 saturated heterocycles. The van der Waals surface area contributed by atoms with Gasteiger partial charge >= 0.3 is 0 Å². The minimum atomic E-state index is -0.163. The summed E-state index contributed by atoms with van der Waals surface area (Å²) in [6.07, 6.45) is 0.812. The Kier molecular flexibility index (Phi) is 7.91. The maximum atomic E-state index is 13.2. The van der Waals surface area contributed by atoms with E-state index in [2.05, 4.69) is 60.9 Å². The Morgan fingerprint density at radius 3 is 2.37 bits per heavy atom. The normalized spacial score (nSPS) is 11.0. The second kappa shape index (κ2) is 12.1. The molecule has 1 heterocycles. The van der Waals surface area contributed by atoms with Gasteiger partial charge in [-0.1, -0.05) is 72.3 Å². The lowest BCUT2D eigenvalue weighted by Gasteiger charge is -2.13. The first-order valence-electron chi connectivity index (χ1n) is 14.2. The van der Waals surface area contributed by atoms with Gasteiger partial charge in [-0.3, -0.25) is 4.79 Å². The molecule has 0 aliphatic rings. The predicted molar refractivity (Wildman–Crippen MR) is 178 cm³/mol. The number of nitrogens with zero attached hydrogens (tertiary/aromatic N) is 2. The molecule has 0 bridgehead atoms. The van der Waals surface area contributed by atoms with Gasteiger partial charge in [0.05, 0.1) is 11.2 Å². The average Bonchev–Trinajstić information content (AvgIpc) is 3.01. The van der Waals surface area contributed by atoms with E-state index >= 15 is 0 Å². The molecule has 1 aromatic heterocycles. The molecule has 5 nitrogen and oxygen atoms in total. The lowest BCUT2D eigenvalue weighted by molar-refractivity contribution is 0.102. The van der Waals surface area contributed by atoms with Crippen LogP contribution < -0.4 is 10.6 Å². The second-order valence-corrected chi connectivity index (χ2v) is 11.2. The van der Waals surface area contributed by atoms with Crippen molar-refractivity contribution in [1.82, 2.24) is 9.97 Å². The first kappa shape index (κ1) is 28.1. The summed E-state index contributed by atoms with van der Waals surface area (Å²) < 4.78 is 0. The summed E-state index contributed by atoms with van der Waals surface area (Å²) in [6, 6.07) is 35.5. The minimum Gasteiger partial charge on any atom is -0.324 e. The third-order valence-electron chi connectivity index (χ3n) is 7.77. The Morgan fingerprint density at radius 2 is 1.56 bits per heavy atom. The largest absolute Gasteiger partial charge is 0.324 e. The van der Waals surface area contributed by atoms with Crippen LogP contribution in [0.4, 0.5) is 17.3 Å². The number of para-hydroxylation sites is 1. The number of fused-ring (bicyclic) bond motifs is 1. The fourth-order valence-corrected chi connectivity index (χ4v) is 5.34. The Morgan fingerprint density at radius 1 is 0.767 bits per heavy atom. The molecule has 212 valence electrons. The smallest absolute Gasteiger partial charge is 0.255 e. The summed E-state index contributed by atoms with van der Waals surface area (Å²) in [7, 11) is 0. The van der Waals surface area contributed by atoms with E-state index in [0.717, 1.165) is 51.1 Å². The molecule has 0 atom stereocenters. The zero-order valence-corrected chi connectivity index (χ0v) is 25.0. The zero-order chi connectivity index (χ0) is 29.9. The molecule has 0 unspecified atom stereocenters. The van der Waals surface area contributed by atoms with Gasteiger partial charge in [0.15, 0.2) is 0 Å². The number of carbonyl (C=O) groups is 1. The quantitative estimate of drug-likeness (QED) is 0.197. The number of aryl methyl sites for hydroxylation is 2. The summed E-state index contributed by atoms with van der Waals surface area (Å²) in [5.74, 6) is 0.297. The molecule has 6 aromatic rings. The van der Waals surface area contributed by atoms with Crippen molar-refractivity contribution >= 4 is 45.7 Å². The van der Waals surface area contributed by atoms with Crippen LogP contribution in [-0.4, -0.2) is 15.9 Å². The number of rotatable bonds is 7. The van der Waals surface area contributed by atoms with E-state index in [-0.39, 0.29) is 5.91 Å². The van der Waals surface area contributed by atoms with E-state index in [9.17, 15) is 4.79 Å². The molecule has 43 heavy (non-hydrogen) atoms. The molecule has 0 saturated carbocycles. The molecular weight excluding hydrogens is 552 g/mol. The van der Waals surface area contributed by atoms with Crippen molar-refractivity contribution in [3.63, 3.8) is 0 Å². The fraction of sp³-hybridized carbons (Fsp3) is 0.108. The zero-order valence-electron chi connectivity index (χ0n) is 24.3. The van der Waals surface area contributed by atoms with Crippen LogP contribution >= 0.6 is 11.6 Å². The van der Waals surface area contributed by atoms with Gasteiger partial charge < -0.3 is 10.6 Å². The van der Waals surface area contributed by atoms with Gasteiger partial charge in [0, 0.05) is 32.9 Å². The standard InChI is InChI=1S/C37H31ClN4O/c1-23-8-6-9-28(25(23)3)20-26-15-14-24(2)34(21-26)40-36(43)27-16-18-31(19-17-27)39-37-41-33-13-5-4-12-32(33)35(42-37)29-10-7-11-30(38)22-29/h4-19,21-22H,20H2,1-3H3,(H,40,43)(H,39,41,42). The maximum Gasteiger partial charge on any atom is 0.255 e. The third-order valence-corrected chi connectivity index (χ3v) is 8.00. The summed E-state index contributed by atoms with van der Waals surface area (Å²) in [5, 5.41) is 7.99. The topological polar surface area (TPSA) is 66.9 Å². The van der Waals surface area contributed by atoms with E-state index in [4.69, 9.17) is 21.6 Å². The van der Waals surface area contributed by atoms with Crippen molar-refractivity contribution in [3.8, 4) is 11.3 Å². The molecule has 1 amide bonds. The van der Waals surface area contributed by atoms with Crippen LogP contribution in [0.2, 0.25) is 5.02 Å². The minimum absolute atomic E-state index is 0.163. The Labute approximate surface area is 256 Å². The third kappa shape index (κ3) is 6.27. The van der Waals surface area contributed by atoms with Crippen molar-refractivity contribution in [2.45, 2.75) is 27.2 Å². The molecular formula is C37H31ClN4O. The number of hydrogen-bond donors (Lipinski definition) is 2. The SMILES string of the molecule is Cc1ccc(Cc2cccc(C)c2C)cc1NC(=O)c1ccc(Nc2nc(-c3cccc(Cl)c3)c3ccccc3n2)cc1. The second-order valence-electron chi connectivity index (χ2n) is 10.8. The molecule has 0 radical (unpaired) electrons. The molecule has 0 fully saturated rings. The Bertz CT molecular complexity index is 1970. The summed E-state index contributed by atoms with van der Waals surface area (Å²) in [5.41, 5.74) is 10.7. The van der Waals surface area contributed by atoms with E-state index in [1.54, 1.807) is 12.1 Å². The monoisotopic (exact) mass is 582 g/mol. The molecule has 5 aromatic carbocycles. The van der Waals surface area contributed by atoms with Gasteiger partial charge in [-0.05, 0) is 104 Å². The summed E-state index contributed by atoms with van der Waals surface area (Å²) in [4.78, 5) is 22.7. The highest BCUT2D eigenvalue weighted by Crippen LogP contribution is 2.30. The van der Waals surface area contributed by atoms with Crippen LogP contribution in [0.15, 0.2) is 109 Å². The number of aromatic nitrogens is 2. The van der Waals surface area contributed by atoms with Gasteiger partial charge in [-0.25, -0.2) is 9.97 Å². The summed E-state index contributed by atoms with van der Waals surface area (Å²) in [6.45, 7) is 6.30. The number of amides is 1. The lowest BCUT2D eigenvalue weighted by Crippen LogP contribution is -2.13. The average molecular weight is 583 g/mol. The first-order chi connectivity index (χ1) is 20.8. The molecule has 0 aliphatic carbocycles. The number of hydrogen-bond acceptors (Lipinski definition) is 4. The van der Waals surface area contributed by atoms with E-state index in [0.29, 0.717) is 16.5 Å². The first-order valence-corrected chi connectivity index (χ1v) is 14.6. The van der Waals surface area contributed by atoms with Crippen molar-refractivity contribution in [1.29, 1.82) is 0 Å². The fourth-order valence-electron chi connectivity index (χ4n) is 5.15. The number of benzene rings is 5. The van der Waals surface area contributed by atoms with Gasteiger partial charge in [0.2, 0.25) is 5.95 Å². The van der Waals surface area contributed by atoms with E-state index in [1.165, 1.54) is 16.7 Å². The lowest BCUT2D eigenvalue weighted by atomic mass is 9.96. The molecule has 2 N–H and O–H groups in total. The van der Waals surface area contributed by atoms with Crippen LogP contribution in [0.5, 0.6) is 0 Å². The van der Waals surface area contributed by atoms with Gasteiger partial charge in [-0.15, -0.1) is 0 Å². The molecule has 0 aliphatic heterocycles. The van der Waals surface area contributed by atoms with Crippen LogP contribution in [-0.2, 0) is 6.42 Å². The van der Waals surface area contributed by atoms with E-state index < -0.39 is 0 Å².